The molecule has 1 heterocycles. The van der Waals surface area contributed by atoms with Gasteiger partial charge in [-0.2, -0.15) is 4.31 Å². The Morgan fingerprint density at radius 3 is 2.23 bits per heavy atom. The summed E-state index contributed by atoms with van der Waals surface area (Å²) >= 11 is 0. The van der Waals surface area contributed by atoms with Crippen LogP contribution in [0.2, 0.25) is 0 Å². The topological polar surface area (TPSA) is 77.9 Å². The van der Waals surface area contributed by atoms with Crippen LogP contribution in [-0.2, 0) is 14.8 Å². The number of hydrogen-bond acceptors (Lipinski definition) is 4. The molecule has 2 rings (SSSR count). The van der Waals surface area contributed by atoms with Crippen LogP contribution in [0.5, 0.6) is 0 Å². The Hall–Kier alpha value is -1.44. The predicted octanol–water partition coefficient (Wildman–Crippen LogP) is 1.08. The van der Waals surface area contributed by atoms with E-state index in [9.17, 15) is 13.2 Å². The van der Waals surface area contributed by atoms with E-state index in [2.05, 4.69) is 0 Å². The minimum atomic E-state index is -3.51. The summed E-state index contributed by atoms with van der Waals surface area (Å²) in [4.78, 5) is 13.1. The van der Waals surface area contributed by atoms with Crippen molar-refractivity contribution in [3.8, 4) is 0 Å². The smallest absolute Gasteiger partial charge is 0.320 e. The number of piperazine rings is 1. The van der Waals surface area contributed by atoms with Crippen LogP contribution in [-0.4, -0.2) is 60.9 Å². The van der Waals surface area contributed by atoms with Crippen molar-refractivity contribution < 1.29 is 18.3 Å². The lowest BCUT2D eigenvalue weighted by atomic mass is 10.1. The lowest BCUT2D eigenvalue weighted by Crippen LogP contribution is -2.53. The van der Waals surface area contributed by atoms with Crippen LogP contribution in [0.1, 0.15) is 18.1 Å². The first-order valence-corrected chi connectivity index (χ1v) is 8.71. The molecule has 0 bridgehead atoms. The number of aliphatic carboxylic acids is 1. The van der Waals surface area contributed by atoms with Crippen LogP contribution < -0.4 is 0 Å². The summed E-state index contributed by atoms with van der Waals surface area (Å²) in [6.07, 6.45) is 0. The fraction of sp³-hybridized carbons (Fsp3) is 0.533. The molecule has 7 heteroatoms. The lowest BCUT2D eigenvalue weighted by Gasteiger charge is -2.35. The van der Waals surface area contributed by atoms with Gasteiger partial charge in [0.05, 0.1) is 4.90 Å². The number of benzene rings is 1. The SMILES string of the molecule is Cc1ccc(S(=O)(=O)N2CCN(C(C)C(=O)O)CC2)cc1C. The van der Waals surface area contributed by atoms with Crippen LogP contribution in [0.3, 0.4) is 0 Å². The van der Waals surface area contributed by atoms with Gasteiger partial charge in [0.15, 0.2) is 0 Å². The molecule has 0 saturated carbocycles. The number of carboxylic acids is 1. The highest BCUT2D eigenvalue weighted by Crippen LogP contribution is 2.21. The van der Waals surface area contributed by atoms with Gasteiger partial charge in [-0.25, -0.2) is 8.42 Å². The number of carbonyl (C=O) groups is 1. The Morgan fingerprint density at radius 1 is 1.14 bits per heavy atom. The molecule has 0 spiro atoms. The van der Waals surface area contributed by atoms with Crippen molar-refractivity contribution >= 4 is 16.0 Å². The minimum Gasteiger partial charge on any atom is -0.480 e. The van der Waals surface area contributed by atoms with Gasteiger partial charge in [-0.1, -0.05) is 6.07 Å². The summed E-state index contributed by atoms with van der Waals surface area (Å²) in [5, 5.41) is 9.02. The van der Waals surface area contributed by atoms with Crippen molar-refractivity contribution in [1.82, 2.24) is 9.21 Å². The molecule has 1 unspecified atom stereocenters. The van der Waals surface area contributed by atoms with E-state index in [4.69, 9.17) is 5.11 Å². The minimum absolute atomic E-state index is 0.301. The molecule has 0 amide bonds. The highest BCUT2D eigenvalue weighted by molar-refractivity contribution is 7.89. The van der Waals surface area contributed by atoms with E-state index in [0.29, 0.717) is 31.1 Å². The zero-order valence-corrected chi connectivity index (χ0v) is 13.9. The molecule has 0 aromatic heterocycles. The largest absolute Gasteiger partial charge is 0.480 e. The van der Waals surface area contributed by atoms with Gasteiger partial charge in [-0.05, 0) is 44.0 Å². The van der Waals surface area contributed by atoms with Gasteiger partial charge >= 0.3 is 5.97 Å². The van der Waals surface area contributed by atoms with Crippen molar-refractivity contribution in [2.45, 2.75) is 31.7 Å². The number of sulfonamides is 1. The molecular weight excluding hydrogens is 304 g/mol. The molecule has 1 fully saturated rings. The maximum atomic E-state index is 12.7. The Balaban J connectivity index is 2.12. The quantitative estimate of drug-likeness (QED) is 0.896. The summed E-state index contributed by atoms with van der Waals surface area (Å²) in [5.41, 5.74) is 2.00. The van der Waals surface area contributed by atoms with Crippen LogP contribution in [0, 0.1) is 13.8 Å². The third-order valence-electron chi connectivity index (χ3n) is 4.29. The van der Waals surface area contributed by atoms with Gasteiger partial charge in [0.25, 0.3) is 0 Å². The molecule has 1 N–H and O–H groups in total. The van der Waals surface area contributed by atoms with E-state index in [1.165, 1.54) is 4.31 Å². The van der Waals surface area contributed by atoms with Gasteiger partial charge in [-0.15, -0.1) is 0 Å². The summed E-state index contributed by atoms with van der Waals surface area (Å²) < 4.78 is 26.7. The first-order valence-electron chi connectivity index (χ1n) is 7.27. The first kappa shape index (κ1) is 16.9. The predicted molar refractivity (Wildman–Crippen MR) is 83.3 cm³/mol. The van der Waals surface area contributed by atoms with E-state index in [0.717, 1.165) is 11.1 Å². The number of nitrogens with zero attached hydrogens (tertiary/aromatic N) is 2. The van der Waals surface area contributed by atoms with E-state index in [1.54, 1.807) is 24.0 Å². The summed E-state index contributed by atoms with van der Waals surface area (Å²) in [6.45, 7) is 6.93. The molecule has 1 aromatic carbocycles. The average molecular weight is 326 g/mol. The zero-order valence-electron chi connectivity index (χ0n) is 13.1. The van der Waals surface area contributed by atoms with E-state index < -0.39 is 22.0 Å². The highest BCUT2D eigenvalue weighted by atomic mass is 32.2. The second kappa shape index (κ2) is 6.36. The van der Waals surface area contributed by atoms with Crippen LogP contribution in [0.15, 0.2) is 23.1 Å². The van der Waals surface area contributed by atoms with Crippen LogP contribution >= 0.6 is 0 Å². The number of rotatable bonds is 4. The Labute approximate surface area is 131 Å². The van der Waals surface area contributed by atoms with E-state index >= 15 is 0 Å². The summed E-state index contributed by atoms with van der Waals surface area (Å²) in [6, 6.07) is 4.54. The van der Waals surface area contributed by atoms with Gasteiger partial charge in [0, 0.05) is 26.2 Å². The van der Waals surface area contributed by atoms with Gasteiger partial charge < -0.3 is 5.11 Å². The van der Waals surface area contributed by atoms with Crippen LogP contribution in [0.4, 0.5) is 0 Å². The molecule has 1 aliphatic rings. The molecule has 22 heavy (non-hydrogen) atoms. The van der Waals surface area contributed by atoms with E-state index in [-0.39, 0.29) is 0 Å². The van der Waals surface area contributed by atoms with Crippen molar-refractivity contribution in [3.05, 3.63) is 29.3 Å². The molecule has 0 aliphatic carbocycles. The molecule has 1 saturated heterocycles. The van der Waals surface area contributed by atoms with Gasteiger partial charge in [0.2, 0.25) is 10.0 Å². The van der Waals surface area contributed by atoms with Crippen molar-refractivity contribution in [2.24, 2.45) is 0 Å². The summed E-state index contributed by atoms with van der Waals surface area (Å²) in [5.74, 6) is -0.884. The Kier molecular flexibility index (Phi) is 4.89. The van der Waals surface area contributed by atoms with Crippen molar-refractivity contribution in [3.63, 3.8) is 0 Å². The second-order valence-corrected chi connectivity index (χ2v) is 7.64. The Morgan fingerprint density at radius 2 is 1.73 bits per heavy atom. The molecular formula is C15H22N2O4S. The molecule has 1 atom stereocenters. The normalized spacial score (nSPS) is 19.0. The number of hydrogen-bond donors (Lipinski definition) is 1. The maximum absolute atomic E-state index is 12.7. The lowest BCUT2D eigenvalue weighted by molar-refractivity contribution is -0.143. The van der Waals surface area contributed by atoms with E-state index in [1.807, 2.05) is 19.9 Å². The zero-order chi connectivity index (χ0) is 16.5. The van der Waals surface area contributed by atoms with Gasteiger partial charge in [-0.3, -0.25) is 9.69 Å². The monoisotopic (exact) mass is 326 g/mol. The number of aryl methyl sites for hydroxylation is 2. The van der Waals surface area contributed by atoms with Crippen molar-refractivity contribution in [2.75, 3.05) is 26.2 Å². The molecule has 1 aliphatic heterocycles. The fourth-order valence-corrected chi connectivity index (χ4v) is 4.02. The maximum Gasteiger partial charge on any atom is 0.320 e. The molecule has 122 valence electrons. The third kappa shape index (κ3) is 3.31. The average Bonchev–Trinajstić information content (AvgIpc) is 2.49. The third-order valence-corrected chi connectivity index (χ3v) is 6.19. The molecule has 0 radical (unpaired) electrons. The fourth-order valence-electron chi connectivity index (χ4n) is 2.51. The highest BCUT2D eigenvalue weighted by Gasteiger charge is 2.31. The second-order valence-electron chi connectivity index (χ2n) is 5.70. The number of carboxylic acid groups (broad SMARTS) is 1. The van der Waals surface area contributed by atoms with Crippen molar-refractivity contribution in [1.29, 1.82) is 0 Å². The first-order chi connectivity index (χ1) is 10.2. The standard InChI is InChI=1S/C15H22N2O4S/c1-11-4-5-14(10-12(11)2)22(20,21)17-8-6-16(7-9-17)13(3)15(18)19/h4-5,10,13H,6-9H2,1-3H3,(H,18,19). The summed E-state index contributed by atoms with van der Waals surface area (Å²) in [7, 11) is -3.51. The van der Waals surface area contributed by atoms with Crippen LogP contribution in [0.25, 0.3) is 0 Å². The Bertz CT molecular complexity index is 664. The molecule has 1 aromatic rings. The molecule has 6 nitrogen and oxygen atoms in total. The van der Waals surface area contributed by atoms with Gasteiger partial charge in [0.1, 0.15) is 6.04 Å².